The molecule has 0 spiro atoms. The van der Waals surface area contributed by atoms with E-state index < -0.39 is 0 Å². The van der Waals surface area contributed by atoms with Crippen LogP contribution in [0.5, 0.6) is 5.75 Å². The molecule has 19 heavy (non-hydrogen) atoms. The fraction of sp³-hybridized carbons (Fsp3) is 0.462. The predicted octanol–water partition coefficient (Wildman–Crippen LogP) is 1.63. The summed E-state index contributed by atoms with van der Waals surface area (Å²) >= 11 is 0. The summed E-state index contributed by atoms with van der Waals surface area (Å²) in [7, 11) is 0. The number of nitrogens with zero attached hydrogens (tertiary/aromatic N) is 3. The number of hydrogen-bond donors (Lipinski definition) is 1. The van der Waals surface area contributed by atoms with E-state index in [2.05, 4.69) is 26.6 Å². The zero-order valence-corrected chi connectivity index (χ0v) is 11.2. The van der Waals surface area contributed by atoms with E-state index in [1.807, 2.05) is 19.1 Å². The molecule has 2 N–H and O–H groups in total. The van der Waals surface area contributed by atoms with Gasteiger partial charge in [-0.05, 0) is 25.5 Å². The maximum absolute atomic E-state index is 5.98. The van der Waals surface area contributed by atoms with Gasteiger partial charge in [-0.1, -0.05) is 12.1 Å². The fourth-order valence-electron chi connectivity index (χ4n) is 1.67. The maximum atomic E-state index is 5.98. The second-order valence-corrected chi connectivity index (χ2v) is 4.41. The minimum absolute atomic E-state index is 0.0850. The van der Waals surface area contributed by atoms with Crippen LogP contribution in [0.25, 0.3) is 0 Å². The van der Waals surface area contributed by atoms with E-state index in [4.69, 9.17) is 10.5 Å². The van der Waals surface area contributed by atoms with Crippen molar-refractivity contribution in [2.45, 2.75) is 39.3 Å². The van der Waals surface area contributed by atoms with E-state index in [-0.39, 0.29) is 12.6 Å². The number of hydrogen-bond acceptors (Lipinski definition) is 6. The molecule has 6 heteroatoms. The van der Waals surface area contributed by atoms with Crippen molar-refractivity contribution in [3.63, 3.8) is 0 Å². The molecule has 0 aromatic carbocycles. The summed E-state index contributed by atoms with van der Waals surface area (Å²) in [6.07, 6.45) is 2.87. The zero-order valence-electron chi connectivity index (χ0n) is 11.2. The first-order chi connectivity index (χ1) is 9.19. The van der Waals surface area contributed by atoms with E-state index in [9.17, 15) is 0 Å². The molecule has 0 aliphatic carbocycles. The molecular formula is C13H18N4O2. The van der Waals surface area contributed by atoms with E-state index in [0.29, 0.717) is 12.2 Å². The highest BCUT2D eigenvalue weighted by molar-refractivity contribution is 5.30. The number of nitrogens with two attached hydrogens (primary N) is 1. The van der Waals surface area contributed by atoms with E-state index >= 15 is 0 Å². The number of rotatable bonds is 6. The standard InChI is InChI=1S/C13H18N4O2/c1-3-10(14)6-11-12(5-4-9(2)16-11)18-7-13-15-8-19-17-13/h4-5,8,10H,3,6-7,14H2,1-2H3. The van der Waals surface area contributed by atoms with Gasteiger partial charge in [0.05, 0.1) is 5.69 Å². The lowest BCUT2D eigenvalue weighted by Crippen LogP contribution is -2.22. The molecular weight excluding hydrogens is 244 g/mol. The number of pyridine rings is 1. The van der Waals surface area contributed by atoms with Gasteiger partial charge in [0.25, 0.3) is 0 Å². The topological polar surface area (TPSA) is 87.1 Å². The number of aryl methyl sites for hydroxylation is 1. The molecule has 1 unspecified atom stereocenters. The Labute approximate surface area is 112 Å². The first-order valence-electron chi connectivity index (χ1n) is 6.29. The summed E-state index contributed by atoms with van der Waals surface area (Å²) < 4.78 is 10.3. The van der Waals surface area contributed by atoms with Crippen molar-refractivity contribution in [3.05, 3.63) is 35.7 Å². The van der Waals surface area contributed by atoms with Crippen LogP contribution in [-0.2, 0) is 13.0 Å². The second-order valence-electron chi connectivity index (χ2n) is 4.41. The molecule has 0 aliphatic rings. The smallest absolute Gasteiger partial charge is 0.213 e. The van der Waals surface area contributed by atoms with Gasteiger partial charge in [-0.15, -0.1) is 0 Å². The van der Waals surface area contributed by atoms with Gasteiger partial charge >= 0.3 is 0 Å². The van der Waals surface area contributed by atoms with Crippen molar-refractivity contribution in [2.24, 2.45) is 5.73 Å². The molecule has 0 radical (unpaired) electrons. The predicted molar refractivity (Wildman–Crippen MR) is 69.6 cm³/mol. The monoisotopic (exact) mass is 262 g/mol. The molecule has 0 amide bonds. The second kappa shape index (κ2) is 6.29. The van der Waals surface area contributed by atoms with Gasteiger partial charge in [0.2, 0.25) is 12.2 Å². The lowest BCUT2D eigenvalue weighted by atomic mass is 10.1. The normalized spacial score (nSPS) is 12.4. The van der Waals surface area contributed by atoms with Crippen molar-refractivity contribution < 1.29 is 9.26 Å². The average Bonchev–Trinajstić information content (AvgIpc) is 2.91. The third kappa shape index (κ3) is 3.75. The lowest BCUT2D eigenvalue weighted by Gasteiger charge is -2.13. The highest BCUT2D eigenvalue weighted by Gasteiger charge is 2.11. The van der Waals surface area contributed by atoms with E-state index in [1.165, 1.54) is 6.39 Å². The molecule has 0 aliphatic heterocycles. The van der Waals surface area contributed by atoms with Crippen LogP contribution in [0.3, 0.4) is 0 Å². The minimum Gasteiger partial charge on any atom is -0.484 e. The summed E-state index contributed by atoms with van der Waals surface area (Å²) in [5.41, 5.74) is 7.80. The number of aromatic nitrogens is 3. The molecule has 1 atom stereocenters. The van der Waals surface area contributed by atoms with Crippen molar-refractivity contribution in [2.75, 3.05) is 0 Å². The molecule has 2 aromatic rings. The maximum Gasteiger partial charge on any atom is 0.213 e. The highest BCUT2D eigenvalue weighted by atomic mass is 16.5. The largest absolute Gasteiger partial charge is 0.484 e. The summed E-state index contributed by atoms with van der Waals surface area (Å²) in [5.74, 6) is 1.23. The van der Waals surface area contributed by atoms with E-state index in [1.54, 1.807) is 0 Å². The summed E-state index contributed by atoms with van der Waals surface area (Å²) in [6, 6.07) is 3.90. The SMILES string of the molecule is CCC(N)Cc1nc(C)ccc1OCc1ncon1. The van der Waals surface area contributed by atoms with Crippen molar-refractivity contribution >= 4 is 0 Å². The Kier molecular flexibility index (Phi) is 4.46. The molecule has 6 nitrogen and oxygen atoms in total. The van der Waals surface area contributed by atoms with E-state index in [0.717, 1.165) is 23.6 Å². The van der Waals surface area contributed by atoms with Gasteiger partial charge < -0.3 is 15.0 Å². The van der Waals surface area contributed by atoms with Gasteiger partial charge in [-0.3, -0.25) is 4.98 Å². The quantitative estimate of drug-likeness (QED) is 0.851. The lowest BCUT2D eigenvalue weighted by molar-refractivity contribution is 0.281. The third-order valence-electron chi connectivity index (χ3n) is 2.82. The molecule has 0 saturated carbocycles. The van der Waals surface area contributed by atoms with Gasteiger partial charge in [0.1, 0.15) is 5.75 Å². The molecule has 0 bridgehead atoms. The van der Waals surface area contributed by atoms with Crippen molar-refractivity contribution in [3.8, 4) is 5.75 Å². The minimum atomic E-state index is 0.0850. The van der Waals surface area contributed by atoms with Crippen LogP contribution in [0.15, 0.2) is 23.0 Å². The summed E-state index contributed by atoms with van der Waals surface area (Å²) in [6.45, 7) is 4.26. The van der Waals surface area contributed by atoms with Crippen LogP contribution in [-0.4, -0.2) is 21.2 Å². The highest BCUT2D eigenvalue weighted by Crippen LogP contribution is 2.19. The van der Waals surface area contributed by atoms with Crippen LogP contribution in [0, 0.1) is 6.92 Å². The fourth-order valence-corrected chi connectivity index (χ4v) is 1.67. The molecule has 2 heterocycles. The van der Waals surface area contributed by atoms with Gasteiger partial charge in [-0.2, -0.15) is 4.98 Å². The first kappa shape index (κ1) is 13.5. The summed E-state index contributed by atoms with van der Waals surface area (Å²) in [5, 5.41) is 3.70. The van der Waals surface area contributed by atoms with Crippen LogP contribution >= 0.6 is 0 Å². The van der Waals surface area contributed by atoms with Crippen LogP contribution in [0.4, 0.5) is 0 Å². The Morgan fingerprint density at radius 1 is 1.42 bits per heavy atom. The Morgan fingerprint density at radius 3 is 2.95 bits per heavy atom. The van der Waals surface area contributed by atoms with Gasteiger partial charge in [-0.25, -0.2) is 0 Å². The Balaban J connectivity index is 2.09. The molecule has 0 fully saturated rings. The summed E-state index contributed by atoms with van der Waals surface area (Å²) in [4.78, 5) is 8.40. The zero-order chi connectivity index (χ0) is 13.7. The van der Waals surface area contributed by atoms with Crippen LogP contribution < -0.4 is 10.5 Å². The first-order valence-corrected chi connectivity index (χ1v) is 6.29. The van der Waals surface area contributed by atoms with Crippen molar-refractivity contribution in [1.29, 1.82) is 0 Å². The Bertz CT molecular complexity index is 513. The number of ether oxygens (including phenoxy) is 1. The van der Waals surface area contributed by atoms with Gasteiger partial charge in [0, 0.05) is 18.2 Å². The van der Waals surface area contributed by atoms with Crippen LogP contribution in [0.1, 0.15) is 30.6 Å². The average molecular weight is 262 g/mol. The van der Waals surface area contributed by atoms with Crippen molar-refractivity contribution in [1.82, 2.24) is 15.1 Å². The Hall–Kier alpha value is -1.95. The molecule has 102 valence electrons. The molecule has 2 rings (SSSR count). The molecule has 2 aromatic heterocycles. The molecule has 0 saturated heterocycles. The Morgan fingerprint density at radius 2 is 2.26 bits per heavy atom. The third-order valence-corrected chi connectivity index (χ3v) is 2.82. The van der Waals surface area contributed by atoms with Crippen LogP contribution in [0.2, 0.25) is 0 Å². The van der Waals surface area contributed by atoms with Gasteiger partial charge in [0.15, 0.2) is 6.61 Å².